The lowest BCUT2D eigenvalue weighted by atomic mass is 10.1. The summed E-state index contributed by atoms with van der Waals surface area (Å²) in [6, 6.07) is 13.6. The maximum atomic E-state index is 13.1. The average Bonchev–Trinajstić information content (AvgIpc) is 2.82. The summed E-state index contributed by atoms with van der Waals surface area (Å²) in [6.45, 7) is 5.92. The Morgan fingerprint density at radius 1 is 1.03 bits per heavy atom. The van der Waals surface area contributed by atoms with E-state index in [4.69, 9.17) is 9.47 Å². The quantitative estimate of drug-likeness (QED) is 0.360. The first-order chi connectivity index (χ1) is 17.0. The van der Waals surface area contributed by atoms with Gasteiger partial charge >= 0.3 is 5.97 Å². The van der Waals surface area contributed by atoms with E-state index in [2.05, 4.69) is 25.6 Å². The summed E-state index contributed by atoms with van der Waals surface area (Å²) in [6.07, 6.45) is 0.310. The smallest absolute Gasteiger partial charge is 0.329 e. The summed E-state index contributed by atoms with van der Waals surface area (Å²) in [7, 11) is 5.28. The van der Waals surface area contributed by atoms with Crippen LogP contribution in [0.25, 0.3) is 0 Å². The van der Waals surface area contributed by atoms with Gasteiger partial charge in [0.25, 0.3) is 0 Å². The highest BCUT2D eigenvalue weighted by molar-refractivity contribution is 5.79. The van der Waals surface area contributed by atoms with Crippen LogP contribution < -0.4 is 20.3 Å². The lowest BCUT2D eigenvalue weighted by Gasteiger charge is -2.25. The second-order valence-electron chi connectivity index (χ2n) is 9.48. The standard InChI is InChI=1S/C26H34N6O4/c1-26(2,3)36-22(34)21(15-17-10-12-19(33)13-11-17)28-24-29-23(30-25(31-24)32(4)5)27-16-18-8-7-9-20(14-18)35-6/h7-14,21,33H,15-16H2,1-6H3,(H2,27,28,29,30,31)/t21-/m0/s1. The lowest BCUT2D eigenvalue weighted by Crippen LogP contribution is -2.38. The fraction of sp³-hybridized carbons (Fsp3) is 0.385. The third kappa shape index (κ3) is 8.00. The summed E-state index contributed by atoms with van der Waals surface area (Å²) >= 11 is 0. The molecule has 1 atom stereocenters. The molecule has 2 aromatic carbocycles. The third-order valence-electron chi connectivity index (χ3n) is 4.98. The van der Waals surface area contributed by atoms with Crippen molar-refractivity contribution in [3.8, 4) is 11.5 Å². The highest BCUT2D eigenvalue weighted by atomic mass is 16.6. The van der Waals surface area contributed by atoms with E-state index in [1.165, 1.54) is 0 Å². The van der Waals surface area contributed by atoms with Crippen LogP contribution in [0.2, 0.25) is 0 Å². The second-order valence-corrected chi connectivity index (χ2v) is 9.48. The van der Waals surface area contributed by atoms with Gasteiger partial charge in [-0.05, 0) is 56.2 Å². The van der Waals surface area contributed by atoms with Crippen LogP contribution in [0.5, 0.6) is 11.5 Å². The van der Waals surface area contributed by atoms with E-state index in [1.54, 1.807) is 36.3 Å². The van der Waals surface area contributed by atoms with Gasteiger partial charge in [0.15, 0.2) is 0 Å². The van der Waals surface area contributed by atoms with Gasteiger partial charge in [-0.1, -0.05) is 24.3 Å². The molecule has 0 aliphatic heterocycles. The van der Waals surface area contributed by atoms with Crippen LogP contribution in [0.1, 0.15) is 31.9 Å². The molecule has 0 unspecified atom stereocenters. The number of aromatic hydroxyl groups is 1. The van der Waals surface area contributed by atoms with E-state index in [0.29, 0.717) is 24.9 Å². The molecular formula is C26H34N6O4. The van der Waals surface area contributed by atoms with Crippen molar-refractivity contribution in [1.29, 1.82) is 0 Å². The first-order valence-electron chi connectivity index (χ1n) is 11.6. The molecule has 0 aliphatic rings. The maximum Gasteiger partial charge on any atom is 0.329 e. The second kappa shape index (κ2) is 11.6. The molecule has 1 aromatic heterocycles. The zero-order chi connectivity index (χ0) is 26.3. The Morgan fingerprint density at radius 2 is 1.72 bits per heavy atom. The topological polar surface area (TPSA) is 122 Å². The van der Waals surface area contributed by atoms with E-state index in [1.807, 2.05) is 59.1 Å². The van der Waals surface area contributed by atoms with Crippen molar-refractivity contribution in [3.05, 3.63) is 59.7 Å². The molecule has 3 rings (SSSR count). The van der Waals surface area contributed by atoms with Crippen LogP contribution in [0.15, 0.2) is 48.5 Å². The molecule has 3 N–H and O–H groups in total. The third-order valence-corrected chi connectivity index (χ3v) is 4.98. The summed E-state index contributed by atoms with van der Waals surface area (Å²) in [5, 5.41) is 16.0. The van der Waals surface area contributed by atoms with Crippen molar-refractivity contribution in [2.45, 2.75) is 45.4 Å². The summed E-state index contributed by atoms with van der Waals surface area (Å²) < 4.78 is 10.9. The minimum absolute atomic E-state index is 0.153. The van der Waals surface area contributed by atoms with Crippen molar-refractivity contribution in [3.63, 3.8) is 0 Å². The number of phenolic OH excluding ortho intramolecular Hbond substituents is 1. The fourth-order valence-electron chi connectivity index (χ4n) is 3.26. The van der Waals surface area contributed by atoms with Gasteiger partial charge in [0, 0.05) is 27.1 Å². The molecule has 36 heavy (non-hydrogen) atoms. The molecule has 0 spiro atoms. The highest BCUT2D eigenvalue weighted by Gasteiger charge is 2.27. The number of carbonyl (C=O) groups is 1. The zero-order valence-electron chi connectivity index (χ0n) is 21.6. The molecule has 0 amide bonds. The van der Waals surface area contributed by atoms with Crippen molar-refractivity contribution in [2.75, 3.05) is 36.7 Å². The molecule has 0 saturated carbocycles. The maximum absolute atomic E-state index is 13.1. The predicted molar refractivity (Wildman–Crippen MR) is 140 cm³/mol. The number of nitrogens with one attached hydrogen (secondary N) is 2. The fourth-order valence-corrected chi connectivity index (χ4v) is 3.26. The van der Waals surface area contributed by atoms with E-state index >= 15 is 0 Å². The summed E-state index contributed by atoms with van der Waals surface area (Å²) in [5.74, 6) is 1.49. The van der Waals surface area contributed by atoms with Crippen molar-refractivity contribution in [2.24, 2.45) is 0 Å². The van der Waals surface area contributed by atoms with E-state index in [-0.39, 0.29) is 11.7 Å². The predicted octanol–water partition coefficient (Wildman–Crippen LogP) is 3.63. The molecule has 0 radical (unpaired) electrons. The van der Waals surface area contributed by atoms with Crippen LogP contribution in [0, 0.1) is 0 Å². The number of nitrogens with zero attached hydrogens (tertiary/aromatic N) is 4. The molecule has 3 aromatic rings. The van der Waals surface area contributed by atoms with Gasteiger partial charge in [-0.3, -0.25) is 0 Å². The summed E-state index contributed by atoms with van der Waals surface area (Å²) in [5.41, 5.74) is 1.17. The van der Waals surface area contributed by atoms with Crippen molar-refractivity contribution < 1.29 is 19.4 Å². The average molecular weight is 495 g/mol. The Kier molecular flexibility index (Phi) is 8.52. The highest BCUT2D eigenvalue weighted by Crippen LogP contribution is 2.19. The number of hydrogen-bond donors (Lipinski definition) is 3. The van der Waals surface area contributed by atoms with Gasteiger partial charge in [0.2, 0.25) is 17.8 Å². The van der Waals surface area contributed by atoms with Crippen molar-refractivity contribution in [1.82, 2.24) is 15.0 Å². The Morgan fingerprint density at radius 3 is 2.36 bits per heavy atom. The first kappa shape index (κ1) is 26.5. The minimum Gasteiger partial charge on any atom is -0.508 e. The monoisotopic (exact) mass is 494 g/mol. The Balaban J connectivity index is 1.85. The van der Waals surface area contributed by atoms with Crippen LogP contribution in [-0.2, 0) is 22.5 Å². The van der Waals surface area contributed by atoms with Gasteiger partial charge in [0.1, 0.15) is 23.1 Å². The molecule has 0 fully saturated rings. The number of carbonyl (C=O) groups excluding carboxylic acids is 1. The van der Waals surface area contributed by atoms with Gasteiger partial charge in [-0.2, -0.15) is 15.0 Å². The Bertz CT molecular complexity index is 1160. The van der Waals surface area contributed by atoms with Crippen LogP contribution in [0.3, 0.4) is 0 Å². The number of anilines is 3. The van der Waals surface area contributed by atoms with Crippen molar-refractivity contribution >= 4 is 23.8 Å². The van der Waals surface area contributed by atoms with Gasteiger partial charge < -0.3 is 30.1 Å². The molecule has 0 aliphatic carbocycles. The Labute approximate surface area is 211 Å². The van der Waals surface area contributed by atoms with Gasteiger partial charge in [-0.25, -0.2) is 4.79 Å². The van der Waals surface area contributed by atoms with E-state index < -0.39 is 17.6 Å². The Hall–Kier alpha value is -4.08. The summed E-state index contributed by atoms with van der Waals surface area (Å²) in [4.78, 5) is 28.3. The van der Waals surface area contributed by atoms with Gasteiger partial charge in [0.05, 0.1) is 7.11 Å². The molecule has 0 bridgehead atoms. The lowest BCUT2D eigenvalue weighted by molar-refractivity contribution is -0.155. The number of esters is 1. The molecule has 0 saturated heterocycles. The largest absolute Gasteiger partial charge is 0.508 e. The number of ether oxygens (including phenoxy) is 2. The van der Waals surface area contributed by atoms with Crippen LogP contribution in [0.4, 0.5) is 17.8 Å². The molecular weight excluding hydrogens is 460 g/mol. The first-order valence-corrected chi connectivity index (χ1v) is 11.6. The molecule has 1 heterocycles. The number of hydrogen-bond acceptors (Lipinski definition) is 10. The normalized spacial score (nSPS) is 11.9. The van der Waals surface area contributed by atoms with Crippen LogP contribution in [-0.4, -0.2) is 58.9 Å². The van der Waals surface area contributed by atoms with Crippen LogP contribution >= 0.6 is 0 Å². The SMILES string of the molecule is COc1cccc(CNc2nc(N[C@@H](Cc3ccc(O)cc3)C(=O)OC(C)(C)C)nc(N(C)C)n2)c1. The molecule has 192 valence electrons. The number of benzene rings is 2. The van der Waals surface area contributed by atoms with Gasteiger partial charge in [-0.15, -0.1) is 0 Å². The zero-order valence-corrected chi connectivity index (χ0v) is 21.6. The molecule has 10 heteroatoms. The van der Waals surface area contributed by atoms with E-state index in [0.717, 1.165) is 16.9 Å². The molecule has 10 nitrogen and oxygen atoms in total. The number of methoxy groups -OCH3 is 1. The minimum atomic E-state index is -0.766. The number of phenols is 1. The number of aromatic nitrogens is 3. The van der Waals surface area contributed by atoms with E-state index in [9.17, 15) is 9.90 Å². The number of rotatable bonds is 10.